The van der Waals surface area contributed by atoms with Crippen LogP contribution in [0.3, 0.4) is 0 Å². The Morgan fingerprint density at radius 3 is 2.79 bits per heavy atom. The summed E-state index contributed by atoms with van der Waals surface area (Å²) in [4.78, 5) is 16.8. The van der Waals surface area contributed by atoms with Crippen molar-refractivity contribution in [2.24, 2.45) is 0 Å². The van der Waals surface area contributed by atoms with Gasteiger partial charge in [-0.2, -0.15) is 0 Å². The molecule has 6 heteroatoms. The van der Waals surface area contributed by atoms with Crippen LogP contribution in [-0.2, 0) is 4.79 Å². The minimum absolute atomic E-state index is 0.233. The maximum Gasteiger partial charge on any atom is 0.250 e. The van der Waals surface area contributed by atoms with E-state index in [-0.39, 0.29) is 5.91 Å². The summed E-state index contributed by atoms with van der Waals surface area (Å²) in [5, 5.41) is 5.34. The molecule has 0 unspecified atom stereocenters. The van der Waals surface area contributed by atoms with Crippen molar-refractivity contribution in [3.05, 3.63) is 69.0 Å². The predicted molar refractivity (Wildman–Crippen MR) is 120 cm³/mol. The summed E-state index contributed by atoms with van der Waals surface area (Å²) >= 11 is 4.85. The summed E-state index contributed by atoms with van der Waals surface area (Å²) in [6.07, 6.45) is 3.23. The quantitative estimate of drug-likeness (QED) is 0.446. The topological polar surface area (TPSA) is 51.2 Å². The number of aromatic nitrogens is 1. The molecule has 0 atom stereocenters. The number of aryl methyl sites for hydroxylation is 2. The van der Waals surface area contributed by atoms with Gasteiger partial charge >= 0.3 is 0 Å². The fourth-order valence-electron chi connectivity index (χ4n) is 2.61. The molecule has 0 aliphatic heterocycles. The van der Waals surface area contributed by atoms with E-state index < -0.39 is 0 Å². The Kier molecular flexibility index (Phi) is 6.65. The third-order valence-electron chi connectivity index (χ3n) is 4.22. The van der Waals surface area contributed by atoms with Gasteiger partial charge in [0.1, 0.15) is 5.75 Å². The number of carbonyl (C=O) groups is 1. The molecule has 0 bridgehead atoms. The molecule has 28 heavy (non-hydrogen) atoms. The summed E-state index contributed by atoms with van der Waals surface area (Å²) in [5.41, 5.74) is 5.21. The molecule has 3 rings (SSSR count). The van der Waals surface area contributed by atoms with Crippen LogP contribution in [0.5, 0.6) is 5.75 Å². The molecule has 0 aliphatic rings. The van der Waals surface area contributed by atoms with E-state index in [1.807, 2.05) is 36.6 Å². The van der Waals surface area contributed by atoms with Crippen molar-refractivity contribution in [3.63, 3.8) is 0 Å². The first-order chi connectivity index (χ1) is 13.5. The number of ether oxygens (including phenoxy) is 1. The Morgan fingerprint density at radius 1 is 1.21 bits per heavy atom. The lowest BCUT2D eigenvalue weighted by Gasteiger charge is -2.07. The zero-order valence-corrected chi connectivity index (χ0v) is 18.4. The summed E-state index contributed by atoms with van der Waals surface area (Å²) < 4.78 is 6.52. The minimum Gasteiger partial charge on any atom is -0.493 e. The number of hydrogen-bond donors (Lipinski definition) is 1. The van der Waals surface area contributed by atoms with Crippen molar-refractivity contribution in [1.82, 2.24) is 4.98 Å². The number of nitrogens with zero attached hydrogens (tertiary/aromatic N) is 1. The van der Waals surface area contributed by atoms with Crippen LogP contribution in [0.2, 0.25) is 0 Å². The van der Waals surface area contributed by atoms with Gasteiger partial charge in [-0.3, -0.25) is 10.1 Å². The van der Waals surface area contributed by atoms with E-state index in [2.05, 4.69) is 52.2 Å². The molecule has 144 valence electrons. The normalized spacial score (nSPS) is 11.0. The summed E-state index contributed by atoms with van der Waals surface area (Å²) in [5.74, 6) is 0.504. The number of halogens is 1. The zero-order chi connectivity index (χ0) is 20.1. The first-order valence-electron chi connectivity index (χ1n) is 8.91. The van der Waals surface area contributed by atoms with Gasteiger partial charge in [0, 0.05) is 27.1 Å². The van der Waals surface area contributed by atoms with Gasteiger partial charge in [0.25, 0.3) is 0 Å². The van der Waals surface area contributed by atoms with E-state index in [4.69, 9.17) is 4.74 Å². The Bertz CT molecular complexity index is 1030. The second kappa shape index (κ2) is 9.17. The maximum absolute atomic E-state index is 12.3. The lowest BCUT2D eigenvalue weighted by atomic mass is 10.1. The number of carbonyl (C=O) groups excluding carboxylic acids is 1. The van der Waals surface area contributed by atoms with E-state index in [1.54, 1.807) is 6.08 Å². The van der Waals surface area contributed by atoms with Gasteiger partial charge in [0.05, 0.1) is 12.3 Å². The average molecular weight is 457 g/mol. The number of benzene rings is 2. The number of thiazole rings is 1. The van der Waals surface area contributed by atoms with Crippen molar-refractivity contribution < 1.29 is 9.53 Å². The summed E-state index contributed by atoms with van der Waals surface area (Å²) in [7, 11) is 0. The Labute approximate surface area is 177 Å². The molecule has 0 saturated carbocycles. The third-order valence-corrected chi connectivity index (χ3v) is 5.47. The second-order valence-electron chi connectivity index (χ2n) is 6.27. The first kappa shape index (κ1) is 20.3. The Balaban J connectivity index is 1.70. The van der Waals surface area contributed by atoms with Gasteiger partial charge in [-0.15, -0.1) is 11.3 Å². The predicted octanol–water partition coefficient (Wildman–Crippen LogP) is 6.24. The molecule has 0 aliphatic carbocycles. The van der Waals surface area contributed by atoms with E-state index in [0.717, 1.165) is 27.0 Å². The van der Waals surface area contributed by atoms with Crippen LogP contribution in [0.4, 0.5) is 5.13 Å². The molecule has 1 aromatic heterocycles. The number of anilines is 1. The van der Waals surface area contributed by atoms with E-state index >= 15 is 0 Å². The van der Waals surface area contributed by atoms with Crippen molar-refractivity contribution in [2.45, 2.75) is 20.8 Å². The smallest absolute Gasteiger partial charge is 0.250 e. The van der Waals surface area contributed by atoms with Gasteiger partial charge < -0.3 is 4.74 Å². The fraction of sp³-hybridized carbons (Fsp3) is 0.182. The van der Waals surface area contributed by atoms with Gasteiger partial charge in [-0.1, -0.05) is 28.1 Å². The number of hydrogen-bond acceptors (Lipinski definition) is 4. The van der Waals surface area contributed by atoms with Gasteiger partial charge in [-0.05, 0) is 62.2 Å². The highest BCUT2D eigenvalue weighted by Gasteiger charge is 2.08. The van der Waals surface area contributed by atoms with Crippen LogP contribution in [-0.4, -0.2) is 17.5 Å². The highest BCUT2D eigenvalue weighted by atomic mass is 79.9. The minimum atomic E-state index is -0.233. The molecule has 2 aromatic carbocycles. The van der Waals surface area contributed by atoms with E-state index in [9.17, 15) is 4.79 Å². The lowest BCUT2D eigenvalue weighted by Crippen LogP contribution is -2.07. The Hall–Kier alpha value is -2.44. The fourth-order valence-corrected chi connectivity index (χ4v) is 3.71. The molecule has 1 heterocycles. The number of rotatable bonds is 6. The monoisotopic (exact) mass is 456 g/mol. The van der Waals surface area contributed by atoms with Crippen LogP contribution in [0.15, 0.2) is 52.3 Å². The average Bonchev–Trinajstić information content (AvgIpc) is 3.12. The van der Waals surface area contributed by atoms with Crippen molar-refractivity contribution >= 4 is 44.4 Å². The molecular formula is C22H21BrN2O2S. The number of amides is 1. The summed E-state index contributed by atoms with van der Waals surface area (Å²) in [6.45, 7) is 6.66. The molecule has 1 amide bonds. The van der Waals surface area contributed by atoms with Gasteiger partial charge in [-0.25, -0.2) is 4.98 Å². The van der Waals surface area contributed by atoms with Crippen LogP contribution in [0.25, 0.3) is 17.3 Å². The molecular weight excluding hydrogens is 436 g/mol. The SMILES string of the molecule is CCOc1ccc(Br)cc1C=CC(=O)Nc1nc(-c2ccc(C)c(C)c2)cs1. The molecule has 1 N–H and O–H groups in total. The first-order valence-corrected chi connectivity index (χ1v) is 10.6. The van der Waals surface area contributed by atoms with E-state index in [1.165, 1.54) is 28.5 Å². The molecule has 4 nitrogen and oxygen atoms in total. The molecule has 0 fully saturated rings. The molecule has 0 radical (unpaired) electrons. The van der Waals surface area contributed by atoms with Crippen LogP contribution in [0.1, 0.15) is 23.6 Å². The van der Waals surface area contributed by atoms with E-state index in [0.29, 0.717) is 11.7 Å². The van der Waals surface area contributed by atoms with Crippen LogP contribution < -0.4 is 10.1 Å². The van der Waals surface area contributed by atoms with Crippen LogP contribution in [0, 0.1) is 13.8 Å². The molecule has 0 saturated heterocycles. The third kappa shape index (κ3) is 5.09. The zero-order valence-electron chi connectivity index (χ0n) is 16.0. The highest BCUT2D eigenvalue weighted by Crippen LogP contribution is 2.27. The van der Waals surface area contributed by atoms with Gasteiger partial charge in [0.15, 0.2) is 5.13 Å². The van der Waals surface area contributed by atoms with Crippen molar-refractivity contribution in [1.29, 1.82) is 0 Å². The standard InChI is InChI=1S/C22H21BrN2O2S/c1-4-27-20-9-8-18(23)12-17(20)7-10-21(26)25-22-24-19(13-28-22)16-6-5-14(2)15(3)11-16/h5-13H,4H2,1-3H3,(H,24,25,26). The molecule has 3 aromatic rings. The van der Waals surface area contributed by atoms with Crippen LogP contribution >= 0.6 is 27.3 Å². The molecule has 0 spiro atoms. The summed E-state index contributed by atoms with van der Waals surface area (Å²) in [6, 6.07) is 11.9. The van der Waals surface area contributed by atoms with Crippen molar-refractivity contribution in [2.75, 3.05) is 11.9 Å². The maximum atomic E-state index is 12.3. The number of nitrogens with one attached hydrogen (secondary N) is 1. The lowest BCUT2D eigenvalue weighted by molar-refractivity contribution is -0.111. The van der Waals surface area contributed by atoms with Crippen molar-refractivity contribution in [3.8, 4) is 17.0 Å². The largest absolute Gasteiger partial charge is 0.493 e. The highest BCUT2D eigenvalue weighted by molar-refractivity contribution is 9.10. The second-order valence-corrected chi connectivity index (χ2v) is 8.05. The van der Waals surface area contributed by atoms with Gasteiger partial charge in [0.2, 0.25) is 5.91 Å². The Morgan fingerprint density at radius 2 is 2.04 bits per heavy atom.